The summed E-state index contributed by atoms with van der Waals surface area (Å²) in [6.45, 7) is 8.12. The number of hydrogen-bond acceptors (Lipinski definition) is 5. The van der Waals surface area contributed by atoms with Gasteiger partial charge in [0.25, 0.3) is 11.7 Å². The van der Waals surface area contributed by atoms with Crippen molar-refractivity contribution in [3.8, 4) is 11.5 Å². The maximum absolute atomic E-state index is 13.6. The number of benzene rings is 3. The van der Waals surface area contributed by atoms with Gasteiger partial charge in [0.1, 0.15) is 17.3 Å². The zero-order valence-corrected chi connectivity index (χ0v) is 21.5. The van der Waals surface area contributed by atoms with E-state index in [1.54, 1.807) is 30.3 Å². The number of para-hydroxylation sites is 2. The molecular formula is C30H31NO5. The van der Waals surface area contributed by atoms with Gasteiger partial charge in [0.15, 0.2) is 0 Å². The van der Waals surface area contributed by atoms with E-state index in [0.29, 0.717) is 28.3 Å². The molecule has 6 nitrogen and oxygen atoms in total. The van der Waals surface area contributed by atoms with Gasteiger partial charge in [-0.25, -0.2) is 0 Å². The molecule has 0 spiro atoms. The summed E-state index contributed by atoms with van der Waals surface area (Å²) in [5, 5.41) is 11.7. The van der Waals surface area contributed by atoms with Gasteiger partial charge in [-0.1, -0.05) is 68.8 Å². The van der Waals surface area contributed by atoms with Gasteiger partial charge >= 0.3 is 0 Å². The molecule has 0 aromatic heterocycles. The summed E-state index contributed by atoms with van der Waals surface area (Å²) in [4.78, 5) is 28.5. The number of ketones is 1. The van der Waals surface area contributed by atoms with Crippen LogP contribution >= 0.6 is 0 Å². The van der Waals surface area contributed by atoms with Gasteiger partial charge in [0, 0.05) is 0 Å². The fourth-order valence-electron chi connectivity index (χ4n) is 4.57. The van der Waals surface area contributed by atoms with Crippen molar-refractivity contribution in [2.75, 3.05) is 19.1 Å². The predicted molar refractivity (Wildman–Crippen MR) is 141 cm³/mol. The summed E-state index contributed by atoms with van der Waals surface area (Å²) in [7, 11) is 3.02. The Morgan fingerprint density at radius 3 is 2.22 bits per heavy atom. The summed E-state index contributed by atoms with van der Waals surface area (Å²) in [6, 6.07) is 19.3. The number of anilines is 1. The molecule has 1 saturated heterocycles. The Bertz CT molecular complexity index is 1370. The molecule has 1 atom stereocenters. The van der Waals surface area contributed by atoms with Crippen LogP contribution < -0.4 is 14.4 Å². The van der Waals surface area contributed by atoms with E-state index in [0.717, 1.165) is 11.1 Å². The highest BCUT2D eigenvalue weighted by Gasteiger charge is 2.48. The number of hydrogen-bond donors (Lipinski definition) is 1. The lowest BCUT2D eigenvalue weighted by atomic mass is 9.85. The number of ether oxygens (including phenoxy) is 2. The molecule has 1 N–H and O–H groups in total. The molecule has 186 valence electrons. The standard InChI is InChI=1S/C30H31NO5/c1-18-10-9-11-19(16-18)26-25(27(32)21-17-20(30(2,3)4)14-15-23(21)35-5)28(33)29(34)31(26)22-12-7-8-13-24(22)36-6/h7-17,26,32H,1-6H3/b27-25+. The van der Waals surface area contributed by atoms with Crippen LogP contribution in [-0.4, -0.2) is 31.0 Å². The van der Waals surface area contributed by atoms with Crippen LogP contribution in [0.15, 0.2) is 72.3 Å². The highest BCUT2D eigenvalue weighted by atomic mass is 16.5. The smallest absolute Gasteiger partial charge is 0.300 e. The van der Waals surface area contributed by atoms with Gasteiger partial charge in [-0.3, -0.25) is 14.5 Å². The first-order valence-electron chi connectivity index (χ1n) is 11.8. The van der Waals surface area contributed by atoms with Crippen molar-refractivity contribution in [3.05, 3.63) is 94.6 Å². The first kappa shape index (κ1) is 25.0. The maximum atomic E-state index is 13.6. The molecular weight excluding hydrogens is 454 g/mol. The number of aryl methyl sites for hydroxylation is 1. The third kappa shape index (κ3) is 4.35. The molecule has 1 aliphatic heterocycles. The Balaban J connectivity index is 2.03. The van der Waals surface area contributed by atoms with Crippen LogP contribution in [0, 0.1) is 6.92 Å². The number of aliphatic hydroxyl groups is 1. The van der Waals surface area contributed by atoms with Gasteiger partial charge in [-0.2, -0.15) is 0 Å². The second-order valence-electron chi connectivity index (χ2n) is 9.92. The molecule has 4 rings (SSSR count). The fraction of sp³-hybridized carbons (Fsp3) is 0.267. The van der Waals surface area contributed by atoms with Crippen LogP contribution in [0.3, 0.4) is 0 Å². The van der Waals surface area contributed by atoms with Crippen LogP contribution in [0.1, 0.15) is 49.1 Å². The van der Waals surface area contributed by atoms with E-state index >= 15 is 0 Å². The van der Waals surface area contributed by atoms with E-state index < -0.39 is 17.7 Å². The highest BCUT2D eigenvalue weighted by molar-refractivity contribution is 6.52. The Labute approximate surface area is 211 Å². The molecule has 1 aliphatic rings. The Hall–Kier alpha value is -4.06. The molecule has 1 unspecified atom stereocenters. The van der Waals surface area contributed by atoms with Crippen molar-refractivity contribution in [1.82, 2.24) is 0 Å². The Kier molecular flexibility index (Phi) is 6.63. The van der Waals surface area contributed by atoms with E-state index in [9.17, 15) is 14.7 Å². The number of Topliss-reactive ketones (excluding diaryl/α,β-unsaturated/α-hetero) is 1. The van der Waals surface area contributed by atoms with Gasteiger partial charge in [-0.05, 0) is 47.7 Å². The molecule has 3 aromatic carbocycles. The minimum absolute atomic E-state index is 0.000801. The maximum Gasteiger partial charge on any atom is 0.300 e. The van der Waals surface area contributed by atoms with E-state index in [-0.39, 0.29) is 16.7 Å². The average molecular weight is 486 g/mol. The summed E-state index contributed by atoms with van der Waals surface area (Å²) in [6.07, 6.45) is 0. The van der Waals surface area contributed by atoms with Crippen LogP contribution in [-0.2, 0) is 15.0 Å². The molecule has 0 radical (unpaired) electrons. The molecule has 36 heavy (non-hydrogen) atoms. The summed E-state index contributed by atoms with van der Waals surface area (Å²) >= 11 is 0. The predicted octanol–water partition coefficient (Wildman–Crippen LogP) is 5.94. The van der Waals surface area contributed by atoms with Crippen LogP contribution in [0.25, 0.3) is 5.76 Å². The highest BCUT2D eigenvalue weighted by Crippen LogP contribution is 2.46. The van der Waals surface area contributed by atoms with Gasteiger partial charge in [0.2, 0.25) is 0 Å². The largest absolute Gasteiger partial charge is 0.507 e. The second-order valence-corrected chi connectivity index (χ2v) is 9.92. The van der Waals surface area contributed by atoms with Gasteiger partial charge < -0.3 is 14.6 Å². The Morgan fingerprint density at radius 1 is 0.889 bits per heavy atom. The third-order valence-corrected chi connectivity index (χ3v) is 6.47. The summed E-state index contributed by atoms with van der Waals surface area (Å²) in [5.74, 6) is -0.928. The number of carbonyl (C=O) groups excluding carboxylic acids is 2. The van der Waals surface area contributed by atoms with E-state index in [1.807, 2.05) is 43.3 Å². The molecule has 0 bridgehead atoms. The minimum Gasteiger partial charge on any atom is -0.507 e. The van der Waals surface area contributed by atoms with E-state index in [2.05, 4.69) is 20.8 Å². The Morgan fingerprint density at radius 2 is 1.58 bits per heavy atom. The number of rotatable bonds is 5. The number of methoxy groups -OCH3 is 2. The third-order valence-electron chi connectivity index (χ3n) is 6.47. The zero-order valence-electron chi connectivity index (χ0n) is 21.5. The molecule has 6 heteroatoms. The van der Waals surface area contributed by atoms with Gasteiger partial charge in [-0.15, -0.1) is 0 Å². The fourth-order valence-corrected chi connectivity index (χ4v) is 4.57. The van der Waals surface area contributed by atoms with Crippen LogP contribution in [0.2, 0.25) is 0 Å². The molecule has 1 heterocycles. The van der Waals surface area contributed by atoms with Crippen molar-refractivity contribution in [3.63, 3.8) is 0 Å². The lowest BCUT2D eigenvalue weighted by molar-refractivity contribution is -0.132. The lowest BCUT2D eigenvalue weighted by Gasteiger charge is -2.27. The van der Waals surface area contributed by atoms with E-state index in [4.69, 9.17) is 9.47 Å². The van der Waals surface area contributed by atoms with Crippen molar-refractivity contribution >= 4 is 23.1 Å². The number of aliphatic hydroxyl groups excluding tert-OH is 1. The van der Waals surface area contributed by atoms with Crippen LogP contribution in [0.5, 0.6) is 11.5 Å². The molecule has 1 fully saturated rings. The first-order chi connectivity index (χ1) is 17.1. The van der Waals surface area contributed by atoms with Crippen molar-refractivity contribution in [2.45, 2.75) is 39.2 Å². The van der Waals surface area contributed by atoms with Crippen molar-refractivity contribution in [1.29, 1.82) is 0 Å². The SMILES string of the molecule is COc1ccc(C(C)(C)C)cc1/C(O)=C1\C(=O)C(=O)N(c2ccccc2OC)C1c1cccc(C)c1. The van der Waals surface area contributed by atoms with Crippen molar-refractivity contribution < 1.29 is 24.2 Å². The minimum atomic E-state index is -0.857. The topological polar surface area (TPSA) is 76.1 Å². The van der Waals surface area contributed by atoms with Crippen LogP contribution in [0.4, 0.5) is 5.69 Å². The number of nitrogens with zero attached hydrogens (tertiary/aromatic N) is 1. The molecule has 0 aliphatic carbocycles. The molecule has 3 aromatic rings. The quantitative estimate of drug-likeness (QED) is 0.275. The monoisotopic (exact) mass is 485 g/mol. The van der Waals surface area contributed by atoms with E-state index in [1.165, 1.54) is 19.1 Å². The number of carbonyl (C=O) groups is 2. The first-order valence-corrected chi connectivity index (χ1v) is 11.8. The van der Waals surface area contributed by atoms with Crippen molar-refractivity contribution in [2.24, 2.45) is 0 Å². The average Bonchev–Trinajstić information content (AvgIpc) is 3.12. The normalized spacial score (nSPS) is 17.4. The lowest BCUT2D eigenvalue weighted by Crippen LogP contribution is -2.29. The number of amides is 1. The molecule has 0 saturated carbocycles. The second kappa shape index (κ2) is 9.53. The summed E-state index contributed by atoms with van der Waals surface area (Å²) in [5.41, 5.74) is 3.22. The molecule has 1 amide bonds. The van der Waals surface area contributed by atoms with Gasteiger partial charge in [0.05, 0.1) is 37.1 Å². The zero-order chi connectivity index (χ0) is 26.2. The summed E-state index contributed by atoms with van der Waals surface area (Å²) < 4.78 is 11.1.